The number of amides is 5. The SMILES string of the molecule is Cc1ncsc1-c1ccc(CNC(=O)[C@@H]2C[C@@H](O)CN2C(=O)[C@@H](NC(=O)COCCOCCNC(=O)CCCC(=O)Nc2cc3cc(-c4cncc(N)c4C)c(F)c(N)c3cn2)C(C)(C)C)cc1. The highest BCUT2D eigenvalue weighted by Crippen LogP contribution is 2.36. The molecule has 1 aliphatic rings. The Kier molecular flexibility index (Phi) is 17.1. The van der Waals surface area contributed by atoms with Crippen molar-refractivity contribution in [2.24, 2.45) is 5.41 Å². The number of aliphatic hydroxyl groups is 1. The third-order valence-electron chi connectivity index (χ3n) is 11.5. The minimum absolute atomic E-state index is 0.0479. The number of carbonyl (C=O) groups is 5. The van der Waals surface area contributed by atoms with Gasteiger partial charge in [-0.05, 0) is 59.9 Å². The number of carbonyl (C=O) groups excluding carboxylic acids is 5. The van der Waals surface area contributed by atoms with Crippen molar-refractivity contribution >= 4 is 68.8 Å². The number of β-amino-alcohol motifs (C(OH)–C–C–N with tert-alkyl or cyclic N) is 1. The molecular formula is C48H59FN10O8S. The Morgan fingerprint density at radius 2 is 1.66 bits per heavy atom. The number of pyridine rings is 2. The van der Waals surface area contributed by atoms with E-state index in [1.54, 1.807) is 56.7 Å². The van der Waals surface area contributed by atoms with Gasteiger partial charge in [0.05, 0.1) is 59.6 Å². The maximum Gasteiger partial charge on any atom is 0.246 e. The molecule has 5 aromatic rings. The molecule has 20 heteroatoms. The first kappa shape index (κ1) is 50.8. The number of likely N-dealkylation sites (tertiary alicyclic amines) is 1. The summed E-state index contributed by atoms with van der Waals surface area (Å²) in [5.41, 5.74) is 17.7. The van der Waals surface area contributed by atoms with Gasteiger partial charge in [0.2, 0.25) is 29.5 Å². The van der Waals surface area contributed by atoms with Gasteiger partial charge in [0.25, 0.3) is 0 Å². The number of anilines is 3. The van der Waals surface area contributed by atoms with Crippen LogP contribution in [0.25, 0.3) is 32.3 Å². The summed E-state index contributed by atoms with van der Waals surface area (Å²) in [5, 5.41) is 22.6. The van der Waals surface area contributed by atoms with Crippen LogP contribution in [0, 0.1) is 25.1 Å². The van der Waals surface area contributed by atoms with Gasteiger partial charge in [-0.2, -0.15) is 0 Å². The van der Waals surface area contributed by atoms with Gasteiger partial charge in [-0.15, -0.1) is 11.3 Å². The zero-order chi connectivity index (χ0) is 49.1. The maximum absolute atomic E-state index is 15.3. The minimum atomic E-state index is -1.01. The Balaban J connectivity index is 0.855. The van der Waals surface area contributed by atoms with Gasteiger partial charge in [0.1, 0.15) is 24.5 Å². The second-order valence-electron chi connectivity index (χ2n) is 17.7. The molecule has 362 valence electrons. The number of thiazole rings is 1. The summed E-state index contributed by atoms with van der Waals surface area (Å²) in [5.74, 6) is -2.42. The van der Waals surface area contributed by atoms with Crippen LogP contribution in [0.15, 0.2) is 60.5 Å². The second-order valence-corrected chi connectivity index (χ2v) is 18.6. The first-order chi connectivity index (χ1) is 32.4. The predicted molar refractivity (Wildman–Crippen MR) is 257 cm³/mol. The number of fused-ring (bicyclic) bond motifs is 1. The fourth-order valence-corrected chi connectivity index (χ4v) is 8.52. The number of nitrogens with zero attached hydrogens (tertiary/aromatic N) is 4. The van der Waals surface area contributed by atoms with Crippen LogP contribution in [-0.4, -0.2) is 112 Å². The van der Waals surface area contributed by atoms with Crippen LogP contribution in [0.5, 0.6) is 0 Å². The van der Waals surface area contributed by atoms with Crippen molar-refractivity contribution in [3.63, 3.8) is 0 Å². The van der Waals surface area contributed by atoms with E-state index in [1.165, 1.54) is 23.5 Å². The van der Waals surface area contributed by atoms with Crippen molar-refractivity contribution in [1.29, 1.82) is 0 Å². The molecular weight excluding hydrogens is 896 g/mol. The van der Waals surface area contributed by atoms with Crippen LogP contribution in [0.3, 0.4) is 0 Å². The van der Waals surface area contributed by atoms with E-state index in [9.17, 15) is 29.1 Å². The van der Waals surface area contributed by atoms with Crippen LogP contribution in [0.4, 0.5) is 21.6 Å². The Bertz CT molecular complexity index is 2620. The number of ether oxygens (including phenoxy) is 2. The number of hydrogen-bond donors (Lipinski definition) is 7. The van der Waals surface area contributed by atoms with Crippen LogP contribution in [0.2, 0.25) is 0 Å². The third-order valence-corrected chi connectivity index (χ3v) is 12.5. The van der Waals surface area contributed by atoms with E-state index in [0.717, 1.165) is 21.7 Å². The second kappa shape index (κ2) is 22.9. The summed E-state index contributed by atoms with van der Waals surface area (Å²) in [6, 6.07) is 9.06. The van der Waals surface area contributed by atoms with E-state index >= 15 is 4.39 Å². The number of nitrogen functional groups attached to an aromatic ring is 2. The summed E-state index contributed by atoms with van der Waals surface area (Å²) in [4.78, 5) is 80.4. The molecule has 5 amide bonds. The number of hydrogen-bond acceptors (Lipinski definition) is 14. The Hall–Kier alpha value is -6.61. The Morgan fingerprint density at radius 3 is 2.38 bits per heavy atom. The van der Waals surface area contributed by atoms with E-state index in [2.05, 4.69) is 36.2 Å². The van der Waals surface area contributed by atoms with Gasteiger partial charge in [0.15, 0.2) is 5.82 Å². The quantitative estimate of drug-likeness (QED) is 0.0422. The molecule has 0 spiro atoms. The van der Waals surface area contributed by atoms with Crippen molar-refractivity contribution in [2.45, 2.75) is 85.0 Å². The monoisotopic (exact) mass is 954 g/mol. The maximum atomic E-state index is 15.3. The van der Waals surface area contributed by atoms with Crippen LogP contribution in [-0.2, 0) is 40.0 Å². The number of halogens is 1. The standard InChI is InChI=1S/C48H59FN10O8S/c1-27-34(21-52-23-36(27)50)33-17-31-18-38(54-22-35(31)43(51)42(33)49)57-40(62)8-6-7-39(61)53-13-14-66-15-16-67-25-41(63)58-45(48(3,4)5)47(65)59-24-32(60)19-37(59)46(64)55-20-29-9-11-30(12-10-29)44-28(2)56-26-68-44/h9-12,17-18,21-23,26,32,37,45,60H,6-8,13-16,19-20,24-25,50-51H2,1-5H3,(H,53,61)(H,55,64)(H,58,63)(H,54,57,62)/t32-,37+,45-/m1/s1. The van der Waals surface area contributed by atoms with E-state index in [0.29, 0.717) is 27.6 Å². The number of benzene rings is 2. The van der Waals surface area contributed by atoms with Gasteiger partial charge >= 0.3 is 0 Å². The lowest BCUT2D eigenvalue weighted by Crippen LogP contribution is -2.58. The first-order valence-corrected chi connectivity index (χ1v) is 23.1. The highest BCUT2D eigenvalue weighted by Gasteiger charge is 2.44. The lowest BCUT2D eigenvalue weighted by Gasteiger charge is -2.35. The highest BCUT2D eigenvalue weighted by atomic mass is 32.1. The van der Waals surface area contributed by atoms with Gasteiger partial charge in [0, 0.05) is 67.8 Å². The molecule has 0 radical (unpaired) electrons. The zero-order valence-corrected chi connectivity index (χ0v) is 39.6. The summed E-state index contributed by atoms with van der Waals surface area (Å²) in [7, 11) is 0. The van der Waals surface area contributed by atoms with Crippen molar-refractivity contribution in [2.75, 3.05) is 56.3 Å². The number of aromatic nitrogens is 3. The van der Waals surface area contributed by atoms with Crippen molar-refractivity contribution in [3.8, 4) is 21.6 Å². The molecule has 0 unspecified atom stereocenters. The normalized spacial score (nSPS) is 15.2. The fourth-order valence-electron chi connectivity index (χ4n) is 7.71. The highest BCUT2D eigenvalue weighted by molar-refractivity contribution is 7.13. The van der Waals surface area contributed by atoms with E-state index in [1.807, 2.05) is 31.2 Å². The molecule has 0 saturated carbocycles. The topological polar surface area (TPSA) is 266 Å². The fraction of sp³-hybridized carbons (Fsp3) is 0.417. The molecule has 18 nitrogen and oxygen atoms in total. The van der Waals surface area contributed by atoms with Crippen molar-refractivity contribution in [3.05, 3.63) is 83.1 Å². The van der Waals surface area contributed by atoms with Gasteiger partial charge in [-0.3, -0.25) is 29.0 Å². The number of aliphatic hydroxyl groups excluding tert-OH is 1. The molecule has 1 aliphatic heterocycles. The van der Waals surface area contributed by atoms with Crippen molar-refractivity contribution < 1.29 is 42.9 Å². The van der Waals surface area contributed by atoms with Crippen LogP contribution in [0.1, 0.15) is 63.3 Å². The van der Waals surface area contributed by atoms with Gasteiger partial charge < -0.3 is 52.2 Å². The number of rotatable bonds is 20. The Labute approximate surface area is 397 Å². The predicted octanol–water partition coefficient (Wildman–Crippen LogP) is 4.41. The van der Waals surface area contributed by atoms with E-state index in [-0.39, 0.29) is 101 Å². The number of nitrogens with one attached hydrogen (secondary N) is 4. The molecule has 6 rings (SSSR count). The van der Waals surface area contributed by atoms with Crippen molar-refractivity contribution in [1.82, 2.24) is 35.8 Å². The molecule has 68 heavy (non-hydrogen) atoms. The lowest BCUT2D eigenvalue weighted by atomic mass is 9.85. The molecule has 0 bridgehead atoms. The molecule has 0 aliphatic carbocycles. The summed E-state index contributed by atoms with van der Waals surface area (Å²) >= 11 is 1.56. The molecule has 1 fully saturated rings. The van der Waals surface area contributed by atoms with E-state index in [4.69, 9.17) is 20.9 Å². The van der Waals surface area contributed by atoms with Gasteiger partial charge in [-0.1, -0.05) is 45.0 Å². The summed E-state index contributed by atoms with van der Waals surface area (Å²) in [6.07, 6.45) is 3.97. The molecule has 3 aromatic heterocycles. The number of nitrogens with two attached hydrogens (primary N) is 2. The van der Waals surface area contributed by atoms with E-state index < -0.39 is 47.1 Å². The van der Waals surface area contributed by atoms with Crippen LogP contribution >= 0.6 is 11.3 Å². The number of aryl methyl sites for hydroxylation is 1. The van der Waals surface area contributed by atoms with Gasteiger partial charge in [-0.25, -0.2) is 14.4 Å². The first-order valence-electron chi connectivity index (χ1n) is 22.3. The Morgan fingerprint density at radius 1 is 0.926 bits per heavy atom. The average Bonchev–Trinajstić information content (AvgIpc) is 3.92. The minimum Gasteiger partial charge on any atom is -0.397 e. The van der Waals surface area contributed by atoms with Crippen LogP contribution < -0.4 is 32.7 Å². The third kappa shape index (κ3) is 13.1. The molecule has 9 N–H and O–H groups in total. The molecule has 2 aromatic carbocycles. The summed E-state index contributed by atoms with van der Waals surface area (Å²) < 4.78 is 26.3. The molecule has 3 atom stereocenters. The summed E-state index contributed by atoms with van der Waals surface area (Å²) in [6.45, 7) is 9.52. The average molecular weight is 955 g/mol. The molecule has 1 saturated heterocycles. The zero-order valence-electron chi connectivity index (χ0n) is 38.8. The smallest absolute Gasteiger partial charge is 0.246 e. The largest absolute Gasteiger partial charge is 0.397 e. The molecule has 4 heterocycles. The lowest BCUT2D eigenvalue weighted by molar-refractivity contribution is -0.144.